The van der Waals surface area contributed by atoms with Crippen LogP contribution in [0.2, 0.25) is 0 Å². The monoisotopic (exact) mass is 254 g/mol. The Balaban J connectivity index is 2.14. The highest BCUT2D eigenvalue weighted by Crippen LogP contribution is 2.32. The van der Waals surface area contributed by atoms with Crippen LogP contribution >= 0.6 is 22.9 Å². The van der Waals surface area contributed by atoms with Gasteiger partial charge in [-0.1, -0.05) is 23.7 Å². The first kappa shape index (κ1) is 11.2. The molecule has 16 heavy (non-hydrogen) atoms. The number of hydrogen-bond acceptors (Lipinski definition) is 4. The lowest BCUT2D eigenvalue weighted by molar-refractivity contribution is 0.268. The van der Waals surface area contributed by atoms with Crippen molar-refractivity contribution in [3.63, 3.8) is 0 Å². The number of benzene rings is 1. The molecule has 3 nitrogen and oxygen atoms in total. The smallest absolute Gasteiger partial charge is 0.223 e. The number of halogens is 1. The third-order valence-corrected chi connectivity index (χ3v) is 3.11. The van der Waals surface area contributed by atoms with Gasteiger partial charge in [0.05, 0.1) is 7.11 Å². The van der Waals surface area contributed by atoms with E-state index in [0.29, 0.717) is 16.5 Å². The van der Waals surface area contributed by atoms with Crippen LogP contribution in [-0.4, -0.2) is 12.1 Å². The largest absolute Gasteiger partial charge is 0.493 e. The Hall–Kier alpha value is -1.26. The van der Waals surface area contributed by atoms with Gasteiger partial charge in [-0.15, -0.1) is 11.3 Å². The molecule has 0 aliphatic carbocycles. The number of methoxy groups -OCH3 is 1. The molecule has 0 bridgehead atoms. The van der Waals surface area contributed by atoms with Crippen molar-refractivity contribution in [2.75, 3.05) is 7.11 Å². The lowest BCUT2D eigenvalue weighted by atomic mass is 10.3. The van der Waals surface area contributed by atoms with E-state index in [1.807, 2.05) is 11.4 Å². The molecule has 0 saturated heterocycles. The Labute approximate surface area is 103 Å². The number of thiazole rings is 1. The van der Waals surface area contributed by atoms with Crippen LogP contribution in [0.15, 0.2) is 29.8 Å². The van der Waals surface area contributed by atoms with Crippen LogP contribution < -0.4 is 9.47 Å². The van der Waals surface area contributed by atoms with E-state index in [2.05, 4.69) is 11.1 Å². The van der Waals surface area contributed by atoms with E-state index in [0.717, 1.165) is 0 Å². The zero-order valence-corrected chi connectivity index (χ0v) is 10.1. The number of alkyl halides is 1. The molecule has 83 valence electrons. The Bertz CT molecular complexity index is 447. The van der Waals surface area contributed by atoms with Crippen molar-refractivity contribution < 1.29 is 9.47 Å². The molecule has 1 radical (unpaired) electrons. The number of para-hydroxylation sites is 1. The van der Waals surface area contributed by atoms with Gasteiger partial charge < -0.3 is 9.47 Å². The lowest BCUT2D eigenvalue weighted by Crippen LogP contribution is -2.01. The van der Waals surface area contributed by atoms with Crippen molar-refractivity contribution >= 4 is 22.9 Å². The van der Waals surface area contributed by atoms with Crippen LogP contribution in [0.5, 0.6) is 11.5 Å². The van der Waals surface area contributed by atoms with Gasteiger partial charge in [-0.05, 0) is 6.07 Å². The summed E-state index contributed by atoms with van der Waals surface area (Å²) in [6.45, 7) is 0. The molecule has 1 unspecified atom stereocenters. The minimum atomic E-state index is -0.618. The van der Waals surface area contributed by atoms with E-state index in [9.17, 15) is 0 Å². The van der Waals surface area contributed by atoms with Crippen molar-refractivity contribution in [2.24, 2.45) is 0 Å². The SMILES string of the molecule is COc1ccc[c]c1OC(Cl)c1nccs1. The molecule has 2 rings (SSSR count). The second-order valence-electron chi connectivity index (χ2n) is 2.87. The summed E-state index contributed by atoms with van der Waals surface area (Å²) in [6, 6.07) is 8.27. The predicted octanol–water partition coefficient (Wildman–Crippen LogP) is 3.27. The molecule has 1 aromatic heterocycles. The fraction of sp³-hybridized carbons (Fsp3) is 0.182. The highest BCUT2D eigenvalue weighted by molar-refractivity contribution is 7.09. The maximum absolute atomic E-state index is 6.06. The van der Waals surface area contributed by atoms with Crippen molar-refractivity contribution in [1.29, 1.82) is 0 Å². The molecule has 2 aromatic rings. The van der Waals surface area contributed by atoms with Gasteiger partial charge in [-0.3, -0.25) is 0 Å². The van der Waals surface area contributed by atoms with E-state index >= 15 is 0 Å². The van der Waals surface area contributed by atoms with Crippen LogP contribution in [0, 0.1) is 6.07 Å². The van der Waals surface area contributed by atoms with Crippen LogP contribution in [0.1, 0.15) is 10.6 Å². The van der Waals surface area contributed by atoms with E-state index in [1.165, 1.54) is 11.3 Å². The summed E-state index contributed by atoms with van der Waals surface area (Å²) in [7, 11) is 1.57. The molecular formula is C11H9ClNO2S. The molecule has 0 aliphatic rings. The maximum Gasteiger partial charge on any atom is 0.223 e. The highest BCUT2D eigenvalue weighted by Gasteiger charge is 2.14. The van der Waals surface area contributed by atoms with E-state index in [1.54, 1.807) is 25.4 Å². The van der Waals surface area contributed by atoms with Crippen molar-refractivity contribution in [2.45, 2.75) is 5.56 Å². The Morgan fingerprint density at radius 1 is 1.56 bits per heavy atom. The van der Waals surface area contributed by atoms with Crippen LogP contribution in [0.3, 0.4) is 0 Å². The van der Waals surface area contributed by atoms with E-state index in [-0.39, 0.29) is 0 Å². The van der Waals surface area contributed by atoms with Crippen molar-refractivity contribution in [3.8, 4) is 11.5 Å². The summed E-state index contributed by atoms with van der Waals surface area (Å²) in [6.07, 6.45) is 1.69. The van der Waals surface area contributed by atoms with Gasteiger partial charge in [0, 0.05) is 17.6 Å². The molecule has 0 fully saturated rings. The summed E-state index contributed by atoms with van der Waals surface area (Å²) in [5.41, 5.74) is -0.618. The molecule has 0 saturated carbocycles. The normalized spacial score (nSPS) is 12.1. The average molecular weight is 255 g/mol. The Morgan fingerprint density at radius 3 is 3.12 bits per heavy atom. The minimum absolute atomic E-state index is 0.486. The van der Waals surface area contributed by atoms with E-state index in [4.69, 9.17) is 21.1 Å². The second kappa shape index (κ2) is 5.18. The third kappa shape index (κ3) is 2.46. The second-order valence-corrected chi connectivity index (χ2v) is 4.19. The first-order valence-electron chi connectivity index (χ1n) is 4.56. The van der Waals surface area contributed by atoms with Gasteiger partial charge in [0.15, 0.2) is 11.5 Å². The Morgan fingerprint density at radius 2 is 2.44 bits per heavy atom. The first-order chi connectivity index (χ1) is 7.81. The first-order valence-corrected chi connectivity index (χ1v) is 5.87. The van der Waals surface area contributed by atoms with Crippen molar-refractivity contribution in [3.05, 3.63) is 40.8 Å². The van der Waals surface area contributed by atoms with Gasteiger partial charge in [0.1, 0.15) is 5.01 Å². The average Bonchev–Trinajstić information content (AvgIpc) is 2.83. The molecule has 1 aromatic carbocycles. The maximum atomic E-state index is 6.06. The fourth-order valence-electron chi connectivity index (χ4n) is 1.16. The molecule has 0 amide bonds. The van der Waals surface area contributed by atoms with Gasteiger partial charge in [0.25, 0.3) is 0 Å². The minimum Gasteiger partial charge on any atom is -0.493 e. The zero-order valence-electron chi connectivity index (χ0n) is 8.51. The Kier molecular flexibility index (Phi) is 3.64. The van der Waals surface area contributed by atoms with Gasteiger partial charge in [-0.25, -0.2) is 4.98 Å². The summed E-state index contributed by atoms with van der Waals surface area (Å²) < 4.78 is 10.6. The molecule has 0 aliphatic heterocycles. The quantitative estimate of drug-likeness (QED) is 0.785. The molecule has 5 heteroatoms. The number of nitrogens with zero attached hydrogens (tertiary/aromatic N) is 1. The molecular weight excluding hydrogens is 246 g/mol. The lowest BCUT2D eigenvalue weighted by Gasteiger charge is -2.12. The highest BCUT2D eigenvalue weighted by atomic mass is 35.5. The summed E-state index contributed by atoms with van der Waals surface area (Å²) in [4.78, 5) is 4.07. The van der Waals surface area contributed by atoms with Crippen LogP contribution in [-0.2, 0) is 0 Å². The summed E-state index contributed by atoms with van der Waals surface area (Å²) >= 11 is 7.50. The molecule has 1 heterocycles. The number of aromatic nitrogens is 1. The van der Waals surface area contributed by atoms with Crippen LogP contribution in [0.4, 0.5) is 0 Å². The van der Waals surface area contributed by atoms with Gasteiger partial charge in [-0.2, -0.15) is 0 Å². The molecule has 0 N–H and O–H groups in total. The predicted molar refractivity (Wildman–Crippen MR) is 63.2 cm³/mol. The van der Waals surface area contributed by atoms with E-state index < -0.39 is 5.56 Å². The van der Waals surface area contributed by atoms with Crippen molar-refractivity contribution in [1.82, 2.24) is 4.98 Å². The summed E-state index contributed by atoms with van der Waals surface area (Å²) in [5.74, 6) is 1.09. The summed E-state index contributed by atoms with van der Waals surface area (Å²) in [5, 5.41) is 2.56. The molecule has 0 spiro atoms. The molecule has 1 atom stereocenters. The van der Waals surface area contributed by atoms with Crippen LogP contribution in [0.25, 0.3) is 0 Å². The number of hydrogen-bond donors (Lipinski definition) is 0. The zero-order chi connectivity index (χ0) is 11.4. The topological polar surface area (TPSA) is 31.4 Å². The van der Waals surface area contributed by atoms with Gasteiger partial charge >= 0.3 is 0 Å². The number of rotatable bonds is 4. The van der Waals surface area contributed by atoms with Gasteiger partial charge in [0.2, 0.25) is 5.56 Å². The fourth-order valence-corrected chi connectivity index (χ4v) is 2.00. The number of ether oxygens (including phenoxy) is 2. The standard InChI is InChI=1S/C11H9ClNO2S/c1-14-8-4-2-3-5-9(8)15-10(12)11-13-6-7-16-11/h2-4,6-7,10H,1H3. The third-order valence-electron chi connectivity index (χ3n) is 1.87.